The Labute approximate surface area is 91.2 Å². The zero-order valence-corrected chi connectivity index (χ0v) is 9.28. The molecule has 0 bridgehead atoms. The van der Waals surface area contributed by atoms with Gasteiger partial charge in [0.25, 0.3) is 0 Å². The summed E-state index contributed by atoms with van der Waals surface area (Å²) < 4.78 is 5.26. The van der Waals surface area contributed by atoms with Gasteiger partial charge in [-0.3, -0.25) is 9.69 Å². The SMILES string of the molecule is O=C(O)CCCCCCN1CCOCC1. The van der Waals surface area contributed by atoms with Gasteiger partial charge in [-0.1, -0.05) is 12.8 Å². The summed E-state index contributed by atoms with van der Waals surface area (Å²) in [6.07, 6.45) is 4.50. The Morgan fingerprint density at radius 1 is 1.13 bits per heavy atom. The quantitative estimate of drug-likeness (QED) is 0.651. The van der Waals surface area contributed by atoms with Crippen molar-refractivity contribution in [3.8, 4) is 0 Å². The molecule has 4 nitrogen and oxygen atoms in total. The third-order valence-corrected chi connectivity index (χ3v) is 2.72. The fraction of sp³-hybridized carbons (Fsp3) is 0.909. The van der Waals surface area contributed by atoms with E-state index in [2.05, 4.69) is 4.90 Å². The van der Waals surface area contributed by atoms with E-state index in [0.29, 0.717) is 6.42 Å². The number of carboxylic acid groups (broad SMARTS) is 1. The second-order valence-corrected chi connectivity index (χ2v) is 4.01. The van der Waals surface area contributed by atoms with E-state index in [9.17, 15) is 4.79 Å². The first-order chi connectivity index (χ1) is 7.29. The second kappa shape index (κ2) is 7.65. The van der Waals surface area contributed by atoms with E-state index in [1.54, 1.807) is 0 Å². The maximum atomic E-state index is 10.3. The lowest BCUT2D eigenvalue weighted by atomic mass is 10.1. The summed E-state index contributed by atoms with van der Waals surface area (Å²) in [7, 11) is 0. The van der Waals surface area contributed by atoms with Gasteiger partial charge in [-0.25, -0.2) is 0 Å². The predicted octanol–water partition coefficient (Wildman–Crippen LogP) is 1.35. The normalized spacial score (nSPS) is 17.9. The van der Waals surface area contributed by atoms with E-state index in [0.717, 1.165) is 52.1 Å². The van der Waals surface area contributed by atoms with Gasteiger partial charge in [-0.2, -0.15) is 0 Å². The largest absolute Gasteiger partial charge is 0.481 e. The number of hydrogen-bond acceptors (Lipinski definition) is 3. The fourth-order valence-corrected chi connectivity index (χ4v) is 1.79. The monoisotopic (exact) mass is 215 g/mol. The highest BCUT2D eigenvalue weighted by Crippen LogP contribution is 2.05. The Morgan fingerprint density at radius 3 is 2.47 bits per heavy atom. The molecule has 0 unspecified atom stereocenters. The van der Waals surface area contributed by atoms with Crippen molar-refractivity contribution in [2.75, 3.05) is 32.8 Å². The third kappa shape index (κ3) is 6.47. The number of carbonyl (C=O) groups is 1. The molecular formula is C11H21NO3. The van der Waals surface area contributed by atoms with E-state index in [1.807, 2.05) is 0 Å². The molecule has 1 heterocycles. The molecule has 88 valence electrons. The number of morpholine rings is 1. The Bertz CT molecular complexity index is 179. The Balaban J connectivity index is 1.85. The first-order valence-corrected chi connectivity index (χ1v) is 5.81. The number of carboxylic acids is 1. The molecule has 1 N–H and O–H groups in total. The Morgan fingerprint density at radius 2 is 1.80 bits per heavy atom. The van der Waals surface area contributed by atoms with Crippen LogP contribution in [0.4, 0.5) is 0 Å². The van der Waals surface area contributed by atoms with Crippen LogP contribution in [-0.2, 0) is 9.53 Å². The van der Waals surface area contributed by atoms with Crippen LogP contribution < -0.4 is 0 Å². The lowest BCUT2D eigenvalue weighted by molar-refractivity contribution is -0.137. The molecule has 0 radical (unpaired) electrons. The summed E-state index contributed by atoms with van der Waals surface area (Å²) in [6, 6.07) is 0. The molecule has 0 aromatic carbocycles. The van der Waals surface area contributed by atoms with Crippen molar-refractivity contribution in [3.63, 3.8) is 0 Å². The standard InChI is InChI=1S/C11H21NO3/c13-11(14)5-3-1-2-4-6-12-7-9-15-10-8-12/h1-10H2,(H,13,14). The summed E-state index contributed by atoms with van der Waals surface area (Å²) >= 11 is 0. The summed E-state index contributed by atoms with van der Waals surface area (Å²) in [5, 5.41) is 8.45. The smallest absolute Gasteiger partial charge is 0.303 e. The van der Waals surface area contributed by atoms with Gasteiger partial charge in [0, 0.05) is 19.5 Å². The summed E-state index contributed by atoms with van der Waals surface area (Å²) in [6.45, 7) is 4.96. The van der Waals surface area contributed by atoms with Gasteiger partial charge in [0.15, 0.2) is 0 Å². The van der Waals surface area contributed by atoms with Crippen molar-refractivity contribution in [2.45, 2.75) is 32.1 Å². The zero-order chi connectivity index (χ0) is 10.9. The van der Waals surface area contributed by atoms with Crippen LogP contribution in [0.15, 0.2) is 0 Å². The molecule has 15 heavy (non-hydrogen) atoms. The van der Waals surface area contributed by atoms with Gasteiger partial charge in [0.1, 0.15) is 0 Å². The van der Waals surface area contributed by atoms with Gasteiger partial charge < -0.3 is 9.84 Å². The second-order valence-electron chi connectivity index (χ2n) is 4.01. The first-order valence-electron chi connectivity index (χ1n) is 5.81. The van der Waals surface area contributed by atoms with Crippen molar-refractivity contribution in [3.05, 3.63) is 0 Å². The molecule has 0 amide bonds. The third-order valence-electron chi connectivity index (χ3n) is 2.72. The van der Waals surface area contributed by atoms with E-state index >= 15 is 0 Å². The molecule has 0 spiro atoms. The van der Waals surface area contributed by atoms with Gasteiger partial charge in [0.2, 0.25) is 0 Å². The summed E-state index contributed by atoms with van der Waals surface area (Å²) in [5.41, 5.74) is 0. The van der Waals surface area contributed by atoms with Crippen molar-refractivity contribution < 1.29 is 14.6 Å². The van der Waals surface area contributed by atoms with Gasteiger partial charge in [-0.05, 0) is 19.4 Å². The van der Waals surface area contributed by atoms with Gasteiger partial charge in [0.05, 0.1) is 13.2 Å². The molecule has 1 aliphatic heterocycles. The number of nitrogens with zero attached hydrogens (tertiary/aromatic N) is 1. The van der Waals surface area contributed by atoms with Crippen LogP contribution in [0.25, 0.3) is 0 Å². The molecule has 0 saturated carbocycles. The van der Waals surface area contributed by atoms with E-state index in [1.165, 1.54) is 6.42 Å². The van der Waals surface area contributed by atoms with Crippen LogP contribution in [0.5, 0.6) is 0 Å². The number of aliphatic carboxylic acids is 1. The number of hydrogen-bond donors (Lipinski definition) is 1. The summed E-state index contributed by atoms with van der Waals surface area (Å²) in [4.78, 5) is 12.7. The molecule has 1 saturated heterocycles. The molecule has 0 aromatic rings. The minimum absolute atomic E-state index is 0.317. The Hall–Kier alpha value is -0.610. The van der Waals surface area contributed by atoms with Crippen LogP contribution in [0.2, 0.25) is 0 Å². The maximum Gasteiger partial charge on any atom is 0.303 e. The average Bonchev–Trinajstić information content (AvgIpc) is 2.24. The van der Waals surface area contributed by atoms with Crippen molar-refractivity contribution in [2.24, 2.45) is 0 Å². The minimum Gasteiger partial charge on any atom is -0.481 e. The van der Waals surface area contributed by atoms with Crippen molar-refractivity contribution >= 4 is 5.97 Å². The number of rotatable bonds is 7. The van der Waals surface area contributed by atoms with E-state index < -0.39 is 5.97 Å². The lowest BCUT2D eigenvalue weighted by Crippen LogP contribution is -2.36. The first kappa shape index (κ1) is 12.5. The molecule has 1 fully saturated rings. The van der Waals surface area contributed by atoms with Crippen LogP contribution in [-0.4, -0.2) is 48.8 Å². The number of ether oxygens (including phenoxy) is 1. The highest BCUT2D eigenvalue weighted by Gasteiger charge is 2.08. The summed E-state index contributed by atoms with van der Waals surface area (Å²) in [5.74, 6) is -0.678. The lowest BCUT2D eigenvalue weighted by Gasteiger charge is -2.26. The molecule has 0 aliphatic carbocycles. The molecule has 1 aliphatic rings. The molecule has 4 heteroatoms. The average molecular weight is 215 g/mol. The molecule has 0 atom stereocenters. The fourth-order valence-electron chi connectivity index (χ4n) is 1.79. The molecular weight excluding hydrogens is 194 g/mol. The highest BCUT2D eigenvalue weighted by atomic mass is 16.5. The van der Waals surface area contributed by atoms with Crippen molar-refractivity contribution in [1.82, 2.24) is 4.90 Å². The maximum absolute atomic E-state index is 10.3. The topological polar surface area (TPSA) is 49.8 Å². The van der Waals surface area contributed by atoms with Crippen LogP contribution in [0.1, 0.15) is 32.1 Å². The van der Waals surface area contributed by atoms with Crippen molar-refractivity contribution in [1.29, 1.82) is 0 Å². The van der Waals surface area contributed by atoms with E-state index in [4.69, 9.17) is 9.84 Å². The van der Waals surface area contributed by atoms with E-state index in [-0.39, 0.29) is 0 Å². The number of unbranched alkanes of at least 4 members (excludes halogenated alkanes) is 3. The predicted molar refractivity (Wildman–Crippen MR) is 58.0 cm³/mol. The van der Waals surface area contributed by atoms with Gasteiger partial charge >= 0.3 is 5.97 Å². The zero-order valence-electron chi connectivity index (χ0n) is 9.28. The van der Waals surface area contributed by atoms with Gasteiger partial charge in [-0.15, -0.1) is 0 Å². The van der Waals surface area contributed by atoms with Crippen LogP contribution in [0.3, 0.4) is 0 Å². The minimum atomic E-state index is -0.678. The molecule has 1 rings (SSSR count). The van der Waals surface area contributed by atoms with Crippen LogP contribution in [0, 0.1) is 0 Å². The van der Waals surface area contributed by atoms with Crippen LogP contribution >= 0.6 is 0 Å². The Kier molecular flexibility index (Phi) is 6.36. The molecule has 0 aromatic heterocycles. The highest BCUT2D eigenvalue weighted by molar-refractivity contribution is 5.66.